The Morgan fingerprint density at radius 1 is 1.04 bits per heavy atom. The molecule has 1 N–H and O–H groups in total. The molecule has 25 heavy (non-hydrogen) atoms. The van der Waals surface area contributed by atoms with Crippen molar-refractivity contribution in [3.05, 3.63) is 70.8 Å². The number of hydrogen-bond acceptors (Lipinski definition) is 2. The predicted octanol–water partition coefficient (Wildman–Crippen LogP) is 3.75. The molecule has 1 heterocycles. The first-order chi connectivity index (χ1) is 11.9. The van der Waals surface area contributed by atoms with Gasteiger partial charge in [0.15, 0.2) is 0 Å². The zero-order chi connectivity index (χ0) is 18.0. The number of benzene rings is 2. The van der Waals surface area contributed by atoms with E-state index >= 15 is 0 Å². The molecule has 1 aliphatic rings. The van der Waals surface area contributed by atoms with E-state index in [9.17, 15) is 9.59 Å². The molecule has 0 aromatic heterocycles. The first-order valence-corrected chi connectivity index (χ1v) is 8.63. The smallest absolute Gasteiger partial charge is 0.323 e. The largest absolute Gasteiger partial charge is 0.325 e. The van der Waals surface area contributed by atoms with Crippen molar-refractivity contribution >= 4 is 11.9 Å². The summed E-state index contributed by atoms with van der Waals surface area (Å²) in [6.07, 6.45) is 1.34. The third-order valence-corrected chi connectivity index (χ3v) is 4.93. The summed E-state index contributed by atoms with van der Waals surface area (Å²) in [7, 11) is 0. The van der Waals surface area contributed by atoms with Crippen LogP contribution in [0.1, 0.15) is 35.6 Å². The SMILES string of the molecule is Cc1ccc(C)c(CN2C(=O)NC(C)(CCc3ccccc3)C2=O)c1. The number of carbonyl (C=O) groups is 2. The van der Waals surface area contributed by atoms with Crippen molar-refractivity contribution in [3.63, 3.8) is 0 Å². The molecular weight excluding hydrogens is 312 g/mol. The standard InChI is InChI=1S/C21H24N2O2/c1-15-9-10-16(2)18(13-15)14-23-19(24)21(3,22-20(23)25)12-11-17-7-5-4-6-8-17/h4-10,13H,11-12,14H2,1-3H3,(H,22,25). The highest BCUT2D eigenvalue weighted by Crippen LogP contribution is 2.25. The fraction of sp³-hybridized carbons (Fsp3) is 0.333. The Hall–Kier alpha value is -2.62. The van der Waals surface area contributed by atoms with Crippen LogP contribution >= 0.6 is 0 Å². The summed E-state index contributed by atoms with van der Waals surface area (Å²) in [4.78, 5) is 26.6. The molecule has 2 aromatic rings. The second-order valence-electron chi connectivity index (χ2n) is 7.07. The van der Waals surface area contributed by atoms with Gasteiger partial charge in [-0.1, -0.05) is 54.1 Å². The number of imide groups is 1. The van der Waals surface area contributed by atoms with Crippen LogP contribution in [0.25, 0.3) is 0 Å². The lowest BCUT2D eigenvalue weighted by Gasteiger charge is -2.22. The van der Waals surface area contributed by atoms with Gasteiger partial charge in [0.2, 0.25) is 0 Å². The Bertz CT molecular complexity index is 801. The third-order valence-electron chi connectivity index (χ3n) is 4.93. The monoisotopic (exact) mass is 336 g/mol. The maximum Gasteiger partial charge on any atom is 0.325 e. The average Bonchev–Trinajstić information content (AvgIpc) is 2.81. The van der Waals surface area contributed by atoms with Crippen LogP contribution < -0.4 is 5.32 Å². The van der Waals surface area contributed by atoms with Gasteiger partial charge in [0.25, 0.3) is 5.91 Å². The first kappa shape index (κ1) is 17.2. The van der Waals surface area contributed by atoms with Gasteiger partial charge in [0.05, 0.1) is 6.54 Å². The highest BCUT2D eigenvalue weighted by molar-refractivity contribution is 6.06. The van der Waals surface area contributed by atoms with E-state index in [0.717, 1.165) is 23.1 Å². The van der Waals surface area contributed by atoms with Crippen molar-refractivity contribution in [3.8, 4) is 0 Å². The van der Waals surface area contributed by atoms with Crippen LogP contribution in [-0.2, 0) is 17.8 Å². The lowest BCUT2D eigenvalue weighted by atomic mass is 9.93. The van der Waals surface area contributed by atoms with E-state index in [0.29, 0.717) is 13.0 Å². The van der Waals surface area contributed by atoms with E-state index in [1.807, 2.05) is 69.3 Å². The molecule has 1 atom stereocenters. The number of amides is 3. The number of hydrogen-bond donors (Lipinski definition) is 1. The molecule has 1 saturated heterocycles. The molecule has 0 aliphatic carbocycles. The number of rotatable bonds is 5. The molecule has 4 heteroatoms. The molecule has 0 spiro atoms. The quantitative estimate of drug-likeness (QED) is 0.846. The molecule has 3 amide bonds. The van der Waals surface area contributed by atoms with E-state index in [1.165, 1.54) is 10.5 Å². The summed E-state index contributed by atoms with van der Waals surface area (Å²) in [6, 6.07) is 15.8. The maximum absolute atomic E-state index is 12.9. The van der Waals surface area contributed by atoms with Gasteiger partial charge in [0, 0.05) is 0 Å². The lowest BCUT2D eigenvalue weighted by Crippen LogP contribution is -2.44. The summed E-state index contributed by atoms with van der Waals surface area (Å²) in [5, 5.41) is 2.89. The molecule has 0 saturated carbocycles. The number of urea groups is 1. The van der Waals surface area contributed by atoms with Crippen LogP contribution in [0, 0.1) is 13.8 Å². The number of carbonyl (C=O) groups excluding carboxylic acids is 2. The summed E-state index contributed by atoms with van der Waals surface area (Å²) in [5.41, 5.74) is 3.54. The van der Waals surface area contributed by atoms with Crippen LogP contribution in [0.2, 0.25) is 0 Å². The molecular formula is C21H24N2O2. The minimum absolute atomic E-state index is 0.144. The van der Waals surface area contributed by atoms with Gasteiger partial charge in [-0.05, 0) is 50.3 Å². The molecule has 0 radical (unpaired) electrons. The number of nitrogens with zero attached hydrogens (tertiary/aromatic N) is 1. The summed E-state index contributed by atoms with van der Waals surface area (Å²) >= 11 is 0. The molecule has 130 valence electrons. The van der Waals surface area contributed by atoms with Gasteiger partial charge in [-0.3, -0.25) is 9.69 Å². The van der Waals surface area contributed by atoms with Crippen molar-refractivity contribution in [2.75, 3.05) is 0 Å². The molecule has 1 fully saturated rings. The Kier molecular flexibility index (Phi) is 4.62. The van der Waals surface area contributed by atoms with Gasteiger partial charge in [-0.15, -0.1) is 0 Å². The average molecular weight is 336 g/mol. The maximum atomic E-state index is 12.9. The summed E-state index contributed by atoms with van der Waals surface area (Å²) < 4.78 is 0. The van der Waals surface area contributed by atoms with Crippen LogP contribution in [0.15, 0.2) is 48.5 Å². The molecule has 2 aromatic carbocycles. The fourth-order valence-electron chi connectivity index (χ4n) is 3.24. The third kappa shape index (κ3) is 3.58. The topological polar surface area (TPSA) is 49.4 Å². The zero-order valence-electron chi connectivity index (χ0n) is 15.0. The van der Waals surface area contributed by atoms with E-state index in [1.54, 1.807) is 0 Å². The number of nitrogens with one attached hydrogen (secondary N) is 1. The summed E-state index contributed by atoms with van der Waals surface area (Å²) in [5.74, 6) is -0.144. The molecule has 1 unspecified atom stereocenters. The van der Waals surface area contributed by atoms with Gasteiger partial charge >= 0.3 is 6.03 Å². The predicted molar refractivity (Wildman–Crippen MR) is 98.2 cm³/mol. The van der Waals surface area contributed by atoms with Crippen molar-refractivity contribution in [1.82, 2.24) is 10.2 Å². The lowest BCUT2D eigenvalue weighted by molar-refractivity contribution is -0.131. The zero-order valence-corrected chi connectivity index (χ0v) is 15.0. The van der Waals surface area contributed by atoms with Gasteiger partial charge in [-0.2, -0.15) is 0 Å². The van der Waals surface area contributed by atoms with Crippen LogP contribution in [0.3, 0.4) is 0 Å². The minimum Gasteiger partial charge on any atom is -0.323 e. The Morgan fingerprint density at radius 2 is 1.76 bits per heavy atom. The Labute approximate surface area is 148 Å². The second-order valence-corrected chi connectivity index (χ2v) is 7.07. The van der Waals surface area contributed by atoms with Gasteiger partial charge in [-0.25, -0.2) is 4.79 Å². The van der Waals surface area contributed by atoms with Gasteiger partial charge in [0.1, 0.15) is 5.54 Å². The summed E-state index contributed by atoms with van der Waals surface area (Å²) in [6.45, 7) is 6.15. The Morgan fingerprint density at radius 3 is 2.48 bits per heavy atom. The highest BCUT2D eigenvalue weighted by Gasteiger charge is 2.47. The normalized spacial score (nSPS) is 20.0. The number of aryl methyl sites for hydroxylation is 3. The van der Waals surface area contributed by atoms with Crippen molar-refractivity contribution in [2.24, 2.45) is 0 Å². The first-order valence-electron chi connectivity index (χ1n) is 8.63. The Balaban J connectivity index is 1.74. The molecule has 0 bridgehead atoms. The minimum atomic E-state index is -0.843. The highest BCUT2D eigenvalue weighted by atomic mass is 16.2. The molecule has 1 aliphatic heterocycles. The second kappa shape index (κ2) is 6.71. The van der Waals surface area contributed by atoms with Gasteiger partial charge < -0.3 is 5.32 Å². The van der Waals surface area contributed by atoms with Crippen molar-refractivity contribution in [2.45, 2.75) is 45.7 Å². The van der Waals surface area contributed by atoms with E-state index in [-0.39, 0.29) is 11.9 Å². The van der Waals surface area contributed by atoms with Crippen molar-refractivity contribution < 1.29 is 9.59 Å². The van der Waals surface area contributed by atoms with E-state index in [2.05, 4.69) is 5.32 Å². The van der Waals surface area contributed by atoms with Crippen LogP contribution in [0.4, 0.5) is 4.79 Å². The van der Waals surface area contributed by atoms with Crippen molar-refractivity contribution in [1.29, 1.82) is 0 Å². The van der Waals surface area contributed by atoms with Crippen LogP contribution in [-0.4, -0.2) is 22.4 Å². The fourth-order valence-corrected chi connectivity index (χ4v) is 3.24. The molecule has 3 rings (SSSR count). The van der Waals surface area contributed by atoms with E-state index < -0.39 is 5.54 Å². The molecule has 4 nitrogen and oxygen atoms in total. The van der Waals surface area contributed by atoms with E-state index in [4.69, 9.17) is 0 Å². The van der Waals surface area contributed by atoms with Crippen LogP contribution in [0.5, 0.6) is 0 Å².